The van der Waals surface area contributed by atoms with Gasteiger partial charge in [0, 0.05) is 5.92 Å². The van der Waals surface area contributed by atoms with Crippen LogP contribution in [0.25, 0.3) is 5.57 Å². The molecule has 0 aromatic heterocycles. The van der Waals surface area contributed by atoms with Gasteiger partial charge in [-0.3, -0.25) is 4.79 Å². The molecule has 2 heterocycles. The van der Waals surface area contributed by atoms with Crippen molar-refractivity contribution in [3.05, 3.63) is 75.3 Å². The van der Waals surface area contributed by atoms with Gasteiger partial charge in [0.25, 0.3) is 0 Å². The minimum absolute atomic E-state index is 0.00874. The number of hydrogen-bond donors (Lipinski definition) is 1. The van der Waals surface area contributed by atoms with Gasteiger partial charge in [-0.1, -0.05) is 37.6 Å². The highest BCUT2D eigenvalue weighted by atomic mass is 19.1. The van der Waals surface area contributed by atoms with Crippen molar-refractivity contribution in [2.45, 2.75) is 65.1 Å². The second-order valence-electron chi connectivity index (χ2n) is 9.32. The number of aliphatic hydroxyl groups is 1. The van der Waals surface area contributed by atoms with Gasteiger partial charge >= 0.3 is 0 Å². The van der Waals surface area contributed by atoms with Gasteiger partial charge in [0.1, 0.15) is 11.6 Å². The molecule has 31 heavy (non-hydrogen) atoms. The van der Waals surface area contributed by atoms with E-state index in [2.05, 4.69) is 32.9 Å². The predicted octanol–water partition coefficient (Wildman–Crippen LogP) is 5.61. The molecular formula is C27H29FO3. The first-order chi connectivity index (χ1) is 14.8. The fourth-order valence-electron chi connectivity index (χ4n) is 6.24. The van der Waals surface area contributed by atoms with Crippen molar-refractivity contribution >= 4 is 11.4 Å². The van der Waals surface area contributed by atoms with Crippen LogP contribution in [0.5, 0.6) is 0 Å². The van der Waals surface area contributed by atoms with Gasteiger partial charge < -0.3 is 9.84 Å². The van der Waals surface area contributed by atoms with Crippen LogP contribution in [0.2, 0.25) is 0 Å². The first-order valence-electron chi connectivity index (χ1n) is 11.4. The highest BCUT2D eigenvalue weighted by Gasteiger charge is 2.62. The Balaban J connectivity index is 1.61. The Hall–Kier alpha value is -2.46. The Kier molecular flexibility index (Phi) is 4.82. The number of ketones is 1. The van der Waals surface area contributed by atoms with E-state index in [0.29, 0.717) is 12.0 Å². The third kappa shape index (κ3) is 2.91. The van der Waals surface area contributed by atoms with Crippen molar-refractivity contribution in [1.82, 2.24) is 0 Å². The molecule has 1 N–H and O–H groups in total. The van der Waals surface area contributed by atoms with Crippen LogP contribution in [0, 0.1) is 31.5 Å². The summed E-state index contributed by atoms with van der Waals surface area (Å²) in [7, 11) is 0. The van der Waals surface area contributed by atoms with Crippen LogP contribution in [0.1, 0.15) is 59.6 Å². The van der Waals surface area contributed by atoms with E-state index in [1.165, 1.54) is 11.6 Å². The summed E-state index contributed by atoms with van der Waals surface area (Å²) in [6.45, 7) is 8.23. The summed E-state index contributed by atoms with van der Waals surface area (Å²) in [5.74, 6) is -0.758. The largest absolute Gasteiger partial charge is 0.511 e. The van der Waals surface area contributed by atoms with Gasteiger partial charge in [-0.05, 0) is 73.1 Å². The number of aryl methyl sites for hydroxylation is 4. The standard InChI is InChI=1S/C27H29FO3/c1-5-15-9-13(3)10-16(6-2)21(15)23-25(29)22-20-12-19(27(31-20)24(22)26(23)30)18-11-17(28)8-7-14(18)4/h7-11,19-20,22,24,27,30H,5-6,12H2,1-4H3/t19-,20-,22-,24+,27?/m0/s1. The van der Waals surface area contributed by atoms with Gasteiger partial charge in [-0.25, -0.2) is 4.39 Å². The van der Waals surface area contributed by atoms with Crippen LogP contribution in [-0.4, -0.2) is 23.1 Å². The lowest BCUT2D eigenvalue weighted by molar-refractivity contribution is -0.118. The lowest BCUT2D eigenvalue weighted by Crippen LogP contribution is -2.33. The number of Topliss-reactive ketones (excluding diaryl/α,β-unsaturated/α-hetero) is 1. The molecule has 1 aliphatic carbocycles. The number of halogens is 1. The Morgan fingerprint density at radius 1 is 1.06 bits per heavy atom. The molecule has 1 unspecified atom stereocenters. The minimum atomic E-state index is -0.343. The SMILES string of the molecule is CCc1cc(C)cc(CC)c1C1=C(O)[C@@H]2C3O[C@@H](C[C@H]3c3cc(F)ccc3C)[C@@H]2C1=O. The zero-order valence-electron chi connectivity index (χ0n) is 18.5. The van der Waals surface area contributed by atoms with Gasteiger partial charge in [0.05, 0.1) is 29.6 Å². The van der Waals surface area contributed by atoms with E-state index < -0.39 is 0 Å². The lowest BCUT2D eigenvalue weighted by atomic mass is 9.72. The van der Waals surface area contributed by atoms with Crippen molar-refractivity contribution in [3.63, 3.8) is 0 Å². The van der Waals surface area contributed by atoms with Crippen LogP contribution < -0.4 is 0 Å². The third-order valence-electron chi connectivity index (χ3n) is 7.58. The van der Waals surface area contributed by atoms with Crippen LogP contribution in [0.4, 0.5) is 4.39 Å². The van der Waals surface area contributed by atoms with Crippen molar-refractivity contribution < 1.29 is 19.0 Å². The van der Waals surface area contributed by atoms with Crippen LogP contribution in [-0.2, 0) is 22.4 Å². The molecule has 2 fully saturated rings. The Morgan fingerprint density at radius 2 is 1.74 bits per heavy atom. The maximum absolute atomic E-state index is 14.0. The van der Waals surface area contributed by atoms with Gasteiger partial charge in [-0.2, -0.15) is 0 Å². The number of rotatable bonds is 4. The summed E-state index contributed by atoms with van der Waals surface area (Å²) in [5, 5.41) is 11.4. The smallest absolute Gasteiger partial charge is 0.173 e. The first-order valence-corrected chi connectivity index (χ1v) is 11.4. The van der Waals surface area contributed by atoms with E-state index in [1.807, 2.05) is 6.92 Å². The number of benzene rings is 2. The van der Waals surface area contributed by atoms with Crippen LogP contribution >= 0.6 is 0 Å². The molecule has 0 spiro atoms. The van der Waals surface area contributed by atoms with Crippen molar-refractivity contribution in [2.75, 3.05) is 0 Å². The summed E-state index contributed by atoms with van der Waals surface area (Å²) in [4.78, 5) is 13.6. The molecule has 2 bridgehead atoms. The number of carbonyl (C=O) groups excluding carboxylic acids is 1. The number of carbonyl (C=O) groups is 1. The van der Waals surface area contributed by atoms with Crippen molar-refractivity contribution in [3.8, 4) is 0 Å². The summed E-state index contributed by atoms with van der Waals surface area (Å²) in [6.07, 6.45) is 1.78. The second-order valence-corrected chi connectivity index (χ2v) is 9.32. The Bertz CT molecular complexity index is 1090. The van der Waals surface area contributed by atoms with Crippen LogP contribution in [0.3, 0.4) is 0 Å². The monoisotopic (exact) mass is 420 g/mol. The fraction of sp³-hybridized carbons (Fsp3) is 0.444. The van der Waals surface area contributed by atoms with Crippen molar-refractivity contribution in [1.29, 1.82) is 0 Å². The average Bonchev–Trinajstić information content (AvgIpc) is 3.41. The summed E-state index contributed by atoms with van der Waals surface area (Å²) in [5.41, 5.74) is 6.76. The normalized spacial score (nSPS) is 29.2. The van der Waals surface area contributed by atoms with E-state index in [1.54, 1.807) is 12.1 Å². The highest BCUT2D eigenvalue weighted by molar-refractivity contribution is 6.26. The maximum Gasteiger partial charge on any atom is 0.173 e. The minimum Gasteiger partial charge on any atom is -0.511 e. The molecule has 0 radical (unpaired) electrons. The topological polar surface area (TPSA) is 46.5 Å². The first kappa shape index (κ1) is 20.4. The summed E-state index contributed by atoms with van der Waals surface area (Å²) >= 11 is 0. The third-order valence-corrected chi connectivity index (χ3v) is 7.58. The number of ether oxygens (including phenoxy) is 1. The van der Waals surface area contributed by atoms with E-state index >= 15 is 0 Å². The number of allylic oxidation sites excluding steroid dienone is 1. The quantitative estimate of drug-likeness (QED) is 0.700. The maximum atomic E-state index is 14.0. The van der Waals surface area contributed by atoms with E-state index in [-0.39, 0.29) is 47.3 Å². The molecule has 2 saturated heterocycles. The molecule has 0 saturated carbocycles. The van der Waals surface area contributed by atoms with Gasteiger partial charge in [0.2, 0.25) is 0 Å². The lowest BCUT2D eigenvalue weighted by Gasteiger charge is -2.28. The summed E-state index contributed by atoms with van der Waals surface area (Å²) in [6, 6.07) is 9.10. The van der Waals surface area contributed by atoms with E-state index in [9.17, 15) is 14.3 Å². The molecule has 5 atom stereocenters. The molecule has 3 nitrogen and oxygen atoms in total. The molecule has 0 amide bonds. The average molecular weight is 421 g/mol. The molecule has 162 valence electrons. The molecule has 2 aromatic carbocycles. The molecular weight excluding hydrogens is 391 g/mol. The number of aliphatic hydroxyl groups excluding tert-OH is 1. The molecule has 3 aliphatic rings. The Labute approximate surface area is 182 Å². The zero-order valence-corrected chi connectivity index (χ0v) is 18.5. The molecule has 4 heteroatoms. The summed E-state index contributed by atoms with van der Waals surface area (Å²) < 4.78 is 20.2. The molecule has 5 rings (SSSR count). The van der Waals surface area contributed by atoms with E-state index in [4.69, 9.17) is 4.74 Å². The van der Waals surface area contributed by atoms with Crippen molar-refractivity contribution in [2.24, 2.45) is 11.8 Å². The van der Waals surface area contributed by atoms with Gasteiger partial charge in [-0.15, -0.1) is 0 Å². The highest BCUT2D eigenvalue weighted by Crippen LogP contribution is 2.58. The van der Waals surface area contributed by atoms with E-state index in [0.717, 1.165) is 40.7 Å². The zero-order chi connectivity index (χ0) is 22.0. The predicted molar refractivity (Wildman–Crippen MR) is 119 cm³/mol. The molecule has 2 aromatic rings. The number of fused-ring (bicyclic) bond motifs is 5. The Morgan fingerprint density at radius 3 is 2.39 bits per heavy atom. The van der Waals surface area contributed by atoms with Crippen LogP contribution in [0.15, 0.2) is 36.1 Å². The van der Waals surface area contributed by atoms with Gasteiger partial charge in [0.15, 0.2) is 5.78 Å². The molecule has 2 aliphatic heterocycles. The second kappa shape index (κ2) is 7.30. The number of hydrogen-bond acceptors (Lipinski definition) is 3. The fourth-order valence-corrected chi connectivity index (χ4v) is 6.24.